The molecule has 19 heavy (non-hydrogen) atoms. The van der Waals surface area contributed by atoms with Gasteiger partial charge in [-0.15, -0.1) is 0 Å². The van der Waals surface area contributed by atoms with Gasteiger partial charge in [0.25, 0.3) is 0 Å². The van der Waals surface area contributed by atoms with E-state index in [2.05, 4.69) is 0 Å². The van der Waals surface area contributed by atoms with Crippen molar-refractivity contribution in [3.8, 4) is 0 Å². The number of hydrogen-bond acceptors (Lipinski definition) is 1. The van der Waals surface area contributed by atoms with Gasteiger partial charge in [0.1, 0.15) is 5.82 Å². The first kappa shape index (κ1) is 14.8. The Bertz CT molecular complexity index is 427. The van der Waals surface area contributed by atoms with Crippen molar-refractivity contribution >= 4 is 11.6 Å². The molecule has 2 rings (SSSR count). The molecule has 3 heteroatoms. The number of aryl methyl sites for hydroxylation is 1. The Kier molecular flexibility index (Phi) is 5.23. The van der Waals surface area contributed by atoms with Gasteiger partial charge in [-0.05, 0) is 48.9 Å². The molecule has 1 aliphatic rings. The van der Waals surface area contributed by atoms with E-state index in [9.17, 15) is 9.50 Å². The maximum Gasteiger partial charge on any atom is 0.127 e. The molecule has 0 bridgehead atoms. The molecule has 1 nitrogen and oxygen atoms in total. The van der Waals surface area contributed by atoms with E-state index in [1.54, 1.807) is 13.0 Å². The lowest BCUT2D eigenvalue weighted by Crippen LogP contribution is -2.09. The number of hydrogen-bond donors (Lipinski definition) is 1. The third kappa shape index (κ3) is 3.93. The van der Waals surface area contributed by atoms with Crippen LogP contribution in [0.5, 0.6) is 0 Å². The fourth-order valence-corrected chi connectivity index (χ4v) is 3.24. The lowest BCUT2D eigenvalue weighted by Gasteiger charge is -2.23. The average molecular weight is 285 g/mol. The predicted molar refractivity (Wildman–Crippen MR) is 76.9 cm³/mol. The van der Waals surface area contributed by atoms with Gasteiger partial charge in [0, 0.05) is 5.02 Å². The SMILES string of the molecule is Cc1cc(C(O)CCC2CCCCC2)c(Cl)cc1F. The third-order valence-electron chi connectivity index (χ3n) is 4.21. The number of benzene rings is 1. The zero-order valence-corrected chi connectivity index (χ0v) is 12.2. The Morgan fingerprint density at radius 1 is 1.32 bits per heavy atom. The zero-order chi connectivity index (χ0) is 13.8. The summed E-state index contributed by atoms with van der Waals surface area (Å²) in [5, 5.41) is 10.6. The first-order valence-electron chi connectivity index (χ1n) is 7.21. The van der Waals surface area contributed by atoms with E-state index < -0.39 is 6.10 Å². The van der Waals surface area contributed by atoms with Crippen LogP contribution in [0.4, 0.5) is 4.39 Å². The van der Waals surface area contributed by atoms with Crippen LogP contribution in [0.15, 0.2) is 12.1 Å². The highest BCUT2D eigenvalue weighted by molar-refractivity contribution is 6.31. The molecule has 0 aromatic heterocycles. The van der Waals surface area contributed by atoms with Gasteiger partial charge in [0.15, 0.2) is 0 Å². The number of aliphatic hydroxyl groups excluding tert-OH is 1. The van der Waals surface area contributed by atoms with Gasteiger partial charge in [-0.1, -0.05) is 43.7 Å². The van der Waals surface area contributed by atoms with Gasteiger partial charge < -0.3 is 5.11 Å². The van der Waals surface area contributed by atoms with Crippen LogP contribution >= 0.6 is 11.6 Å². The summed E-state index contributed by atoms with van der Waals surface area (Å²) in [5.41, 5.74) is 1.20. The minimum Gasteiger partial charge on any atom is -0.388 e. The molecule has 1 atom stereocenters. The third-order valence-corrected chi connectivity index (χ3v) is 4.54. The Morgan fingerprint density at radius 3 is 2.68 bits per heavy atom. The van der Waals surface area contributed by atoms with E-state index in [1.165, 1.54) is 38.2 Å². The smallest absolute Gasteiger partial charge is 0.127 e. The van der Waals surface area contributed by atoms with Crippen molar-refractivity contribution in [2.24, 2.45) is 5.92 Å². The summed E-state index contributed by atoms with van der Waals surface area (Å²) in [4.78, 5) is 0. The van der Waals surface area contributed by atoms with Crippen LogP contribution < -0.4 is 0 Å². The molecule has 0 spiro atoms. The van der Waals surface area contributed by atoms with Crippen LogP contribution in [-0.2, 0) is 0 Å². The quantitative estimate of drug-likeness (QED) is 0.807. The Hall–Kier alpha value is -0.600. The number of aliphatic hydroxyl groups is 1. The van der Waals surface area contributed by atoms with Crippen LogP contribution in [0.3, 0.4) is 0 Å². The molecule has 1 saturated carbocycles. The average Bonchev–Trinajstić information content (AvgIpc) is 2.41. The largest absolute Gasteiger partial charge is 0.388 e. The van der Waals surface area contributed by atoms with Gasteiger partial charge in [-0.3, -0.25) is 0 Å². The van der Waals surface area contributed by atoms with Crippen molar-refractivity contribution in [1.82, 2.24) is 0 Å². The Labute approximate surface area is 119 Å². The van der Waals surface area contributed by atoms with Crippen LogP contribution in [0.2, 0.25) is 5.02 Å². The molecule has 1 N–H and O–H groups in total. The Morgan fingerprint density at radius 2 is 2.00 bits per heavy atom. The molecule has 0 aliphatic heterocycles. The van der Waals surface area contributed by atoms with E-state index in [1.807, 2.05) is 0 Å². The minimum atomic E-state index is -0.575. The fourth-order valence-electron chi connectivity index (χ4n) is 2.96. The first-order valence-corrected chi connectivity index (χ1v) is 7.59. The molecule has 1 fully saturated rings. The van der Waals surface area contributed by atoms with Gasteiger partial charge >= 0.3 is 0 Å². The second-order valence-corrected chi connectivity index (χ2v) is 6.13. The highest BCUT2D eigenvalue weighted by Gasteiger charge is 2.18. The number of halogens is 2. The summed E-state index contributed by atoms with van der Waals surface area (Å²) in [6, 6.07) is 2.97. The summed E-state index contributed by atoms with van der Waals surface area (Å²) < 4.78 is 13.3. The highest BCUT2D eigenvalue weighted by Crippen LogP contribution is 2.33. The van der Waals surface area contributed by atoms with Gasteiger partial charge in [0.05, 0.1) is 6.10 Å². The van der Waals surface area contributed by atoms with Crippen molar-refractivity contribution in [2.45, 2.75) is 58.0 Å². The normalized spacial score (nSPS) is 18.5. The fraction of sp³-hybridized carbons (Fsp3) is 0.625. The molecule has 0 saturated heterocycles. The molecule has 0 amide bonds. The Balaban J connectivity index is 1.95. The van der Waals surface area contributed by atoms with Crippen LogP contribution in [0, 0.1) is 18.7 Å². The molecule has 1 aromatic rings. The monoisotopic (exact) mass is 284 g/mol. The lowest BCUT2D eigenvalue weighted by atomic mass is 9.85. The first-order chi connectivity index (χ1) is 9.08. The van der Waals surface area contributed by atoms with E-state index >= 15 is 0 Å². The van der Waals surface area contributed by atoms with Gasteiger partial charge in [-0.2, -0.15) is 0 Å². The molecule has 1 unspecified atom stereocenters. The molecule has 106 valence electrons. The summed E-state index contributed by atoms with van der Waals surface area (Å²) in [7, 11) is 0. The summed E-state index contributed by atoms with van der Waals surface area (Å²) >= 11 is 6.02. The van der Waals surface area contributed by atoms with E-state index in [0.29, 0.717) is 16.1 Å². The van der Waals surface area contributed by atoms with E-state index in [0.717, 1.165) is 18.8 Å². The highest BCUT2D eigenvalue weighted by atomic mass is 35.5. The maximum atomic E-state index is 13.3. The number of rotatable bonds is 4. The molecule has 1 aromatic carbocycles. The zero-order valence-electron chi connectivity index (χ0n) is 11.5. The van der Waals surface area contributed by atoms with Crippen molar-refractivity contribution in [3.05, 3.63) is 34.1 Å². The molecule has 0 heterocycles. The van der Waals surface area contributed by atoms with E-state index in [-0.39, 0.29) is 5.82 Å². The topological polar surface area (TPSA) is 20.2 Å². The van der Waals surface area contributed by atoms with Crippen LogP contribution in [0.25, 0.3) is 0 Å². The summed E-state index contributed by atoms with van der Waals surface area (Å²) in [6.45, 7) is 1.70. The summed E-state index contributed by atoms with van der Waals surface area (Å²) in [6.07, 6.45) is 7.72. The van der Waals surface area contributed by atoms with Crippen molar-refractivity contribution in [3.63, 3.8) is 0 Å². The van der Waals surface area contributed by atoms with Crippen LogP contribution in [0.1, 0.15) is 62.2 Å². The lowest BCUT2D eigenvalue weighted by molar-refractivity contribution is 0.151. The van der Waals surface area contributed by atoms with Gasteiger partial charge in [0.2, 0.25) is 0 Å². The molecular weight excluding hydrogens is 263 g/mol. The van der Waals surface area contributed by atoms with E-state index in [4.69, 9.17) is 11.6 Å². The molecule has 1 aliphatic carbocycles. The molecular formula is C16H22ClFO. The predicted octanol–water partition coefficient (Wildman–Crippen LogP) is 5.18. The standard InChI is InChI=1S/C16H22ClFO/c1-11-9-13(14(17)10-15(11)18)16(19)8-7-12-5-3-2-4-6-12/h9-10,12,16,19H,2-8H2,1H3. The maximum absolute atomic E-state index is 13.3. The van der Waals surface area contributed by atoms with Gasteiger partial charge in [-0.25, -0.2) is 4.39 Å². The van der Waals surface area contributed by atoms with Crippen molar-refractivity contribution < 1.29 is 9.50 Å². The minimum absolute atomic E-state index is 0.312. The second-order valence-electron chi connectivity index (χ2n) is 5.72. The van der Waals surface area contributed by atoms with Crippen molar-refractivity contribution in [1.29, 1.82) is 0 Å². The summed E-state index contributed by atoms with van der Waals surface area (Å²) in [5.74, 6) is 0.428. The van der Waals surface area contributed by atoms with Crippen molar-refractivity contribution in [2.75, 3.05) is 0 Å². The molecule has 0 radical (unpaired) electrons. The second kappa shape index (κ2) is 6.71. The van der Waals surface area contributed by atoms with Crippen LogP contribution in [-0.4, -0.2) is 5.11 Å².